The largest absolute Gasteiger partial charge is 0.481 e. The smallest absolute Gasteiger partial charge is 0.309 e. The Hall–Kier alpha value is -1.10. The number of aliphatic carboxylic acids is 1. The van der Waals surface area contributed by atoms with E-state index in [4.69, 9.17) is 5.11 Å². The number of nitrogens with one attached hydrogen (secondary N) is 1. The van der Waals surface area contributed by atoms with Gasteiger partial charge in [0.15, 0.2) is 5.13 Å². The Morgan fingerprint density at radius 3 is 2.83 bits per heavy atom. The van der Waals surface area contributed by atoms with Crippen LogP contribution in [-0.2, 0) is 11.2 Å². The molecule has 0 atom stereocenters. The van der Waals surface area contributed by atoms with Crippen LogP contribution in [0, 0.1) is 5.92 Å². The molecule has 0 radical (unpaired) electrons. The van der Waals surface area contributed by atoms with E-state index in [1.165, 1.54) is 43.4 Å². The normalized spacial score (nSPS) is 23.8. The van der Waals surface area contributed by atoms with Gasteiger partial charge in [0.25, 0.3) is 0 Å². The molecular formula is C13H20N2O2S. The molecule has 0 amide bonds. The first kappa shape index (κ1) is 13.3. The van der Waals surface area contributed by atoms with Gasteiger partial charge in [0.05, 0.1) is 12.1 Å². The van der Waals surface area contributed by atoms with E-state index in [-0.39, 0.29) is 6.42 Å². The molecule has 0 saturated heterocycles. The maximum Gasteiger partial charge on any atom is 0.309 e. The Morgan fingerprint density at radius 1 is 1.50 bits per heavy atom. The number of rotatable bonds is 5. The molecule has 0 unspecified atom stereocenters. The van der Waals surface area contributed by atoms with Crippen molar-refractivity contribution in [1.29, 1.82) is 0 Å². The summed E-state index contributed by atoms with van der Waals surface area (Å²) in [5, 5.41) is 14.8. The highest BCUT2D eigenvalue weighted by Crippen LogP contribution is 2.29. The molecule has 18 heavy (non-hydrogen) atoms. The Morgan fingerprint density at radius 2 is 2.22 bits per heavy atom. The van der Waals surface area contributed by atoms with Crippen molar-refractivity contribution in [3.05, 3.63) is 11.1 Å². The number of carboxylic acids is 1. The number of hydrogen-bond donors (Lipinski definition) is 2. The van der Waals surface area contributed by atoms with E-state index in [0.29, 0.717) is 11.7 Å². The number of thiazole rings is 1. The van der Waals surface area contributed by atoms with Gasteiger partial charge in [-0.1, -0.05) is 13.3 Å². The molecule has 2 N–H and O–H groups in total. The van der Waals surface area contributed by atoms with Crippen molar-refractivity contribution in [2.24, 2.45) is 5.92 Å². The zero-order valence-corrected chi connectivity index (χ0v) is 11.5. The zero-order valence-electron chi connectivity index (χ0n) is 10.7. The summed E-state index contributed by atoms with van der Waals surface area (Å²) in [5.74, 6) is 0.0669. The second-order valence-electron chi connectivity index (χ2n) is 4.98. The molecule has 1 aliphatic rings. The van der Waals surface area contributed by atoms with E-state index >= 15 is 0 Å². The van der Waals surface area contributed by atoms with E-state index in [2.05, 4.69) is 17.2 Å². The van der Waals surface area contributed by atoms with Gasteiger partial charge in [-0.05, 0) is 31.6 Å². The molecule has 1 aromatic heterocycles. The number of carboxylic acid groups (broad SMARTS) is 1. The highest BCUT2D eigenvalue weighted by molar-refractivity contribution is 7.13. The van der Waals surface area contributed by atoms with Crippen LogP contribution in [0.5, 0.6) is 0 Å². The van der Waals surface area contributed by atoms with Crippen molar-refractivity contribution < 1.29 is 9.90 Å². The summed E-state index contributed by atoms with van der Waals surface area (Å²) in [5.41, 5.74) is 0.650. The summed E-state index contributed by atoms with van der Waals surface area (Å²) in [6, 6.07) is 0.511. The van der Waals surface area contributed by atoms with Crippen LogP contribution in [0.3, 0.4) is 0 Å². The van der Waals surface area contributed by atoms with E-state index in [1.807, 2.05) is 5.38 Å². The van der Waals surface area contributed by atoms with E-state index in [0.717, 1.165) is 11.0 Å². The number of anilines is 1. The average Bonchev–Trinajstić information content (AvgIpc) is 2.76. The molecule has 0 aliphatic heterocycles. The number of nitrogens with zero attached hydrogens (tertiary/aromatic N) is 1. The lowest BCUT2D eigenvalue weighted by atomic mass is 9.85. The van der Waals surface area contributed by atoms with E-state index < -0.39 is 5.97 Å². The minimum atomic E-state index is -0.824. The lowest BCUT2D eigenvalue weighted by molar-refractivity contribution is -0.136. The zero-order chi connectivity index (χ0) is 13.0. The topological polar surface area (TPSA) is 62.2 Å². The number of hydrogen-bond acceptors (Lipinski definition) is 4. The fraction of sp³-hybridized carbons (Fsp3) is 0.692. The maximum absolute atomic E-state index is 10.6. The second-order valence-corrected chi connectivity index (χ2v) is 5.84. The minimum Gasteiger partial charge on any atom is -0.481 e. The average molecular weight is 268 g/mol. The van der Waals surface area contributed by atoms with Crippen LogP contribution in [0.15, 0.2) is 5.38 Å². The number of aromatic nitrogens is 1. The molecule has 1 aliphatic carbocycles. The van der Waals surface area contributed by atoms with Gasteiger partial charge < -0.3 is 10.4 Å². The van der Waals surface area contributed by atoms with Crippen LogP contribution in [0.2, 0.25) is 0 Å². The first-order valence-electron chi connectivity index (χ1n) is 6.60. The van der Waals surface area contributed by atoms with Gasteiger partial charge in [-0.25, -0.2) is 4.98 Å². The highest BCUT2D eigenvalue weighted by atomic mass is 32.1. The molecule has 1 saturated carbocycles. The molecule has 0 bridgehead atoms. The Labute approximate surface area is 111 Å². The molecule has 5 heteroatoms. The standard InChI is InChI=1S/C13H20N2O2S/c1-2-9-3-5-10(6-4-9)14-13-15-11(8-18-13)7-12(16)17/h8-10H,2-7H2,1H3,(H,14,15)(H,16,17). The lowest BCUT2D eigenvalue weighted by Gasteiger charge is -2.28. The second kappa shape index (κ2) is 6.18. The van der Waals surface area contributed by atoms with E-state index in [9.17, 15) is 4.79 Å². The summed E-state index contributed by atoms with van der Waals surface area (Å²) in [4.78, 5) is 14.9. The van der Waals surface area contributed by atoms with Crippen molar-refractivity contribution in [1.82, 2.24) is 4.98 Å². The summed E-state index contributed by atoms with van der Waals surface area (Å²) >= 11 is 1.51. The van der Waals surface area contributed by atoms with Crippen LogP contribution < -0.4 is 5.32 Å². The Kier molecular flexibility index (Phi) is 4.58. The third-order valence-electron chi connectivity index (χ3n) is 3.64. The first-order chi connectivity index (χ1) is 8.67. The van der Waals surface area contributed by atoms with Crippen molar-refractivity contribution >= 4 is 22.4 Å². The molecule has 1 aromatic rings. The molecule has 100 valence electrons. The van der Waals surface area contributed by atoms with Crippen LogP contribution in [0.25, 0.3) is 0 Å². The van der Waals surface area contributed by atoms with Crippen molar-refractivity contribution in [2.75, 3.05) is 5.32 Å². The highest BCUT2D eigenvalue weighted by Gasteiger charge is 2.20. The first-order valence-corrected chi connectivity index (χ1v) is 7.48. The molecule has 0 aromatic carbocycles. The fourth-order valence-electron chi connectivity index (χ4n) is 2.50. The minimum absolute atomic E-state index is 0.0146. The van der Waals surface area contributed by atoms with Gasteiger partial charge >= 0.3 is 5.97 Å². The van der Waals surface area contributed by atoms with Crippen LogP contribution in [-0.4, -0.2) is 22.1 Å². The molecule has 2 rings (SSSR count). The fourth-order valence-corrected chi connectivity index (χ4v) is 3.29. The van der Waals surface area contributed by atoms with Gasteiger partial charge in [-0.2, -0.15) is 0 Å². The SMILES string of the molecule is CCC1CCC(Nc2nc(CC(=O)O)cs2)CC1. The van der Waals surface area contributed by atoms with Crippen molar-refractivity contribution in [2.45, 2.75) is 51.5 Å². The predicted octanol–water partition coefficient (Wildman–Crippen LogP) is 3.15. The molecule has 1 fully saturated rings. The predicted molar refractivity (Wildman–Crippen MR) is 73.1 cm³/mol. The lowest BCUT2D eigenvalue weighted by Crippen LogP contribution is -2.25. The van der Waals surface area contributed by atoms with Crippen molar-refractivity contribution in [3.63, 3.8) is 0 Å². The van der Waals surface area contributed by atoms with Crippen LogP contribution >= 0.6 is 11.3 Å². The van der Waals surface area contributed by atoms with Gasteiger partial charge in [-0.3, -0.25) is 4.79 Å². The Balaban J connectivity index is 1.83. The summed E-state index contributed by atoms with van der Waals surface area (Å²) < 4.78 is 0. The summed E-state index contributed by atoms with van der Waals surface area (Å²) in [7, 11) is 0. The van der Waals surface area contributed by atoms with Crippen LogP contribution in [0.1, 0.15) is 44.7 Å². The molecular weight excluding hydrogens is 248 g/mol. The molecule has 4 nitrogen and oxygen atoms in total. The van der Waals surface area contributed by atoms with Gasteiger partial charge in [0.1, 0.15) is 0 Å². The van der Waals surface area contributed by atoms with Gasteiger partial charge in [0, 0.05) is 11.4 Å². The van der Waals surface area contributed by atoms with Crippen LogP contribution in [0.4, 0.5) is 5.13 Å². The van der Waals surface area contributed by atoms with E-state index in [1.54, 1.807) is 0 Å². The van der Waals surface area contributed by atoms with Gasteiger partial charge in [0.2, 0.25) is 0 Å². The quantitative estimate of drug-likeness (QED) is 0.861. The molecule has 1 heterocycles. The molecule has 0 spiro atoms. The summed E-state index contributed by atoms with van der Waals surface area (Å²) in [6.45, 7) is 2.26. The number of carbonyl (C=O) groups is 1. The summed E-state index contributed by atoms with van der Waals surface area (Å²) in [6.07, 6.45) is 6.29. The third-order valence-corrected chi connectivity index (χ3v) is 4.46. The maximum atomic E-state index is 10.6. The third kappa shape index (κ3) is 3.70. The van der Waals surface area contributed by atoms with Crippen molar-refractivity contribution in [3.8, 4) is 0 Å². The Bertz CT molecular complexity index is 397. The monoisotopic (exact) mass is 268 g/mol. The van der Waals surface area contributed by atoms with Gasteiger partial charge in [-0.15, -0.1) is 11.3 Å².